The molecular weight excluding hydrogens is 210 g/mol. The van der Waals surface area contributed by atoms with Crippen molar-refractivity contribution in [3.63, 3.8) is 0 Å². The molecule has 2 nitrogen and oxygen atoms in total. The summed E-state index contributed by atoms with van der Waals surface area (Å²) in [7, 11) is 2.05. The molecule has 0 radical (unpaired) electrons. The number of fused-ring (bicyclic) bond motifs is 1. The van der Waals surface area contributed by atoms with E-state index in [4.69, 9.17) is 0 Å². The molecule has 1 aromatic heterocycles. The predicted molar refractivity (Wildman–Crippen MR) is 70.0 cm³/mol. The highest BCUT2D eigenvalue weighted by atomic mass is 16.3. The average molecular weight is 223 g/mol. The van der Waals surface area contributed by atoms with E-state index < -0.39 is 0 Å². The molecule has 1 N–H and O–H groups in total. The lowest BCUT2D eigenvalue weighted by Crippen LogP contribution is -1.81. The van der Waals surface area contributed by atoms with Gasteiger partial charge in [-0.15, -0.1) is 0 Å². The number of phenolic OH excluding ortho intramolecular Hbond substituents is 1. The second-order valence-electron chi connectivity index (χ2n) is 4.22. The van der Waals surface area contributed by atoms with Crippen LogP contribution in [0, 0.1) is 0 Å². The number of aromatic nitrogens is 1. The summed E-state index contributed by atoms with van der Waals surface area (Å²) in [5.41, 5.74) is 3.54. The number of nitrogens with zero attached hydrogens (tertiary/aromatic N) is 1. The lowest BCUT2D eigenvalue weighted by Gasteiger charge is -1.99. The molecular formula is C15H13NO. The minimum absolute atomic E-state index is 0.300. The van der Waals surface area contributed by atoms with Crippen LogP contribution in [-0.2, 0) is 7.05 Å². The number of hydrogen-bond acceptors (Lipinski definition) is 1. The SMILES string of the molecule is Cn1cc(-c2ccc(O)cc2)c2ccccc21. The van der Waals surface area contributed by atoms with Crippen molar-refractivity contribution < 1.29 is 5.11 Å². The Morgan fingerprint density at radius 1 is 0.941 bits per heavy atom. The molecule has 0 amide bonds. The van der Waals surface area contributed by atoms with Gasteiger partial charge in [-0.25, -0.2) is 0 Å². The Bertz CT molecular complexity index is 665. The van der Waals surface area contributed by atoms with Gasteiger partial charge in [0.1, 0.15) is 5.75 Å². The lowest BCUT2D eigenvalue weighted by atomic mass is 10.1. The summed E-state index contributed by atoms with van der Waals surface area (Å²) in [6.07, 6.45) is 2.12. The molecule has 3 aromatic rings. The molecule has 0 spiro atoms. The maximum absolute atomic E-state index is 9.32. The van der Waals surface area contributed by atoms with Gasteiger partial charge in [-0.1, -0.05) is 30.3 Å². The number of benzene rings is 2. The van der Waals surface area contributed by atoms with E-state index in [2.05, 4.69) is 22.9 Å². The first-order chi connectivity index (χ1) is 8.25. The minimum Gasteiger partial charge on any atom is -0.508 e. The molecule has 0 saturated carbocycles. The second-order valence-corrected chi connectivity index (χ2v) is 4.22. The van der Waals surface area contributed by atoms with E-state index in [9.17, 15) is 5.11 Å². The molecule has 0 saturated heterocycles. The van der Waals surface area contributed by atoms with Gasteiger partial charge in [-0.3, -0.25) is 0 Å². The summed E-state index contributed by atoms with van der Waals surface area (Å²) >= 11 is 0. The Hall–Kier alpha value is -2.22. The molecule has 0 atom stereocenters. The van der Waals surface area contributed by atoms with Crippen LogP contribution in [0.2, 0.25) is 0 Å². The average Bonchev–Trinajstić information content (AvgIpc) is 2.69. The smallest absolute Gasteiger partial charge is 0.115 e. The zero-order valence-electron chi connectivity index (χ0n) is 9.59. The van der Waals surface area contributed by atoms with E-state index in [1.54, 1.807) is 12.1 Å². The number of aryl methyl sites for hydroxylation is 1. The normalized spacial score (nSPS) is 10.9. The number of para-hydroxylation sites is 1. The monoisotopic (exact) mass is 223 g/mol. The van der Waals surface area contributed by atoms with Crippen molar-refractivity contribution in [3.05, 3.63) is 54.7 Å². The fraction of sp³-hybridized carbons (Fsp3) is 0.0667. The first kappa shape index (κ1) is 9.97. The van der Waals surface area contributed by atoms with Gasteiger partial charge in [0.05, 0.1) is 0 Å². The third-order valence-electron chi connectivity index (χ3n) is 3.08. The van der Waals surface area contributed by atoms with Gasteiger partial charge in [-0.05, 0) is 23.8 Å². The number of aromatic hydroxyl groups is 1. The van der Waals surface area contributed by atoms with Crippen molar-refractivity contribution in [2.24, 2.45) is 7.05 Å². The first-order valence-corrected chi connectivity index (χ1v) is 5.59. The fourth-order valence-corrected chi connectivity index (χ4v) is 2.21. The molecule has 17 heavy (non-hydrogen) atoms. The van der Waals surface area contributed by atoms with E-state index in [1.807, 2.05) is 31.3 Å². The van der Waals surface area contributed by atoms with E-state index in [-0.39, 0.29) is 0 Å². The maximum atomic E-state index is 9.32. The van der Waals surface area contributed by atoms with Crippen molar-refractivity contribution in [3.8, 4) is 16.9 Å². The number of hydrogen-bond donors (Lipinski definition) is 1. The molecule has 84 valence electrons. The molecule has 0 aliphatic carbocycles. The highest BCUT2D eigenvalue weighted by Crippen LogP contribution is 2.30. The summed E-state index contributed by atoms with van der Waals surface area (Å²) in [6, 6.07) is 15.6. The lowest BCUT2D eigenvalue weighted by molar-refractivity contribution is 0.475. The molecule has 0 aliphatic rings. The van der Waals surface area contributed by atoms with Crippen molar-refractivity contribution in [2.45, 2.75) is 0 Å². The highest BCUT2D eigenvalue weighted by molar-refractivity contribution is 5.96. The Kier molecular flexibility index (Phi) is 2.15. The van der Waals surface area contributed by atoms with Crippen LogP contribution in [0.25, 0.3) is 22.0 Å². The van der Waals surface area contributed by atoms with Crippen LogP contribution >= 0.6 is 0 Å². The van der Waals surface area contributed by atoms with Crippen LogP contribution in [0.15, 0.2) is 54.7 Å². The molecule has 0 fully saturated rings. The van der Waals surface area contributed by atoms with E-state index in [0.29, 0.717) is 5.75 Å². The zero-order chi connectivity index (χ0) is 11.8. The van der Waals surface area contributed by atoms with Crippen LogP contribution in [0.5, 0.6) is 5.75 Å². The van der Waals surface area contributed by atoms with Gasteiger partial charge in [-0.2, -0.15) is 0 Å². The molecule has 2 aromatic carbocycles. The molecule has 2 heteroatoms. The van der Waals surface area contributed by atoms with Gasteiger partial charge in [0.15, 0.2) is 0 Å². The van der Waals surface area contributed by atoms with Crippen LogP contribution < -0.4 is 0 Å². The topological polar surface area (TPSA) is 25.2 Å². The predicted octanol–water partition coefficient (Wildman–Crippen LogP) is 3.55. The fourth-order valence-electron chi connectivity index (χ4n) is 2.21. The quantitative estimate of drug-likeness (QED) is 0.670. The molecule has 0 unspecified atom stereocenters. The van der Waals surface area contributed by atoms with E-state index in [1.165, 1.54) is 16.5 Å². The molecule has 0 aliphatic heterocycles. The Balaban J connectivity index is 2.27. The molecule has 1 heterocycles. The maximum Gasteiger partial charge on any atom is 0.115 e. The van der Waals surface area contributed by atoms with Gasteiger partial charge in [0.2, 0.25) is 0 Å². The van der Waals surface area contributed by atoms with Crippen LogP contribution in [0.4, 0.5) is 0 Å². The van der Waals surface area contributed by atoms with Crippen molar-refractivity contribution in [2.75, 3.05) is 0 Å². The summed E-state index contributed by atoms with van der Waals surface area (Å²) in [5, 5.41) is 10.6. The Morgan fingerprint density at radius 3 is 2.41 bits per heavy atom. The second kappa shape index (κ2) is 3.67. The van der Waals surface area contributed by atoms with E-state index >= 15 is 0 Å². The first-order valence-electron chi connectivity index (χ1n) is 5.59. The van der Waals surface area contributed by atoms with Crippen LogP contribution in [0.1, 0.15) is 0 Å². The summed E-state index contributed by atoms with van der Waals surface area (Å²) in [5.74, 6) is 0.300. The van der Waals surface area contributed by atoms with Gasteiger partial charge >= 0.3 is 0 Å². The van der Waals surface area contributed by atoms with Gasteiger partial charge < -0.3 is 9.67 Å². The van der Waals surface area contributed by atoms with Crippen LogP contribution in [-0.4, -0.2) is 9.67 Å². The third kappa shape index (κ3) is 1.58. The van der Waals surface area contributed by atoms with Gasteiger partial charge in [0.25, 0.3) is 0 Å². The molecule has 3 rings (SSSR count). The Labute approximate surface area is 99.7 Å². The number of rotatable bonds is 1. The number of phenols is 1. The summed E-state index contributed by atoms with van der Waals surface area (Å²) in [6.45, 7) is 0. The molecule has 0 bridgehead atoms. The van der Waals surface area contributed by atoms with Crippen molar-refractivity contribution in [1.82, 2.24) is 4.57 Å². The zero-order valence-corrected chi connectivity index (χ0v) is 9.59. The van der Waals surface area contributed by atoms with Gasteiger partial charge in [0, 0.05) is 29.7 Å². The van der Waals surface area contributed by atoms with Crippen molar-refractivity contribution >= 4 is 10.9 Å². The third-order valence-corrected chi connectivity index (χ3v) is 3.08. The highest BCUT2D eigenvalue weighted by Gasteiger charge is 2.07. The standard InChI is InChI=1S/C15H13NO/c1-16-10-14(11-6-8-12(17)9-7-11)13-4-2-3-5-15(13)16/h2-10,17H,1H3. The largest absolute Gasteiger partial charge is 0.508 e. The summed E-state index contributed by atoms with van der Waals surface area (Å²) in [4.78, 5) is 0. The minimum atomic E-state index is 0.300. The van der Waals surface area contributed by atoms with Crippen LogP contribution in [0.3, 0.4) is 0 Å². The van der Waals surface area contributed by atoms with Crippen molar-refractivity contribution in [1.29, 1.82) is 0 Å². The summed E-state index contributed by atoms with van der Waals surface area (Å²) < 4.78 is 2.12. The Morgan fingerprint density at radius 2 is 1.65 bits per heavy atom. The van der Waals surface area contributed by atoms with E-state index in [0.717, 1.165) is 5.56 Å².